The highest BCUT2D eigenvalue weighted by atomic mass is 16.2. The minimum atomic E-state index is -0.434. The van der Waals surface area contributed by atoms with Gasteiger partial charge in [-0.1, -0.05) is 20.8 Å². The minimum Gasteiger partial charge on any atom is -0.340 e. The van der Waals surface area contributed by atoms with Crippen molar-refractivity contribution >= 4 is 11.7 Å². The van der Waals surface area contributed by atoms with E-state index >= 15 is 0 Å². The van der Waals surface area contributed by atoms with E-state index in [4.69, 9.17) is 0 Å². The summed E-state index contributed by atoms with van der Waals surface area (Å²) < 4.78 is 0. The summed E-state index contributed by atoms with van der Waals surface area (Å²) in [5.41, 5.74) is -0.939. The molecule has 1 saturated heterocycles. The SMILES string of the molecule is CC12CCC(C(=O)N3CCNCC3)(CC1=O)C2(C)C. The minimum absolute atomic E-state index is 0.209. The van der Waals surface area contributed by atoms with Gasteiger partial charge in [0.1, 0.15) is 5.78 Å². The largest absolute Gasteiger partial charge is 0.340 e. The van der Waals surface area contributed by atoms with Crippen molar-refractivity contribution in [3.8, 4) is 0 Å². The Kier molecular flexibility index (Phi) is 2.63. The molecule has 3 aliphatic rings. The third kappa shape index (κ3) is 1.38. The standard InChI is InChI=1S/C15H24N2O2/c1-13(2)14(3)4-5-15(13,10-11(14)18)12(19)17-8-6-16-7-9-17/h16H,4-10H2,1-3H3. The number of Topliss-reactive ketones (excluding diaryl/α,β-unsaturated/α-hetero) is 1. The molecule has 3 rings (SSSR count). The van der Waals surface area contributed by atoms with Crippen LogP contribution < -0.4 is 5.32 Å². The summed E-state index contributed by atoms with van der Waals surface area (Å²) in [6.07, 6.45) is 2.21. The zero-order valence-corrected chi connectivity index (χ0v) is 12.2. The van der Waals surface area contributed by atoms with Gasteiger partial charge in [-0.25, -0.2) is 0 Å². The van der Waals surface area contributed by atoms with Crippen LogP contribution in [-0.2, 0) is 9.59 Å². The second-order valence-corrected chi connectivity index (χ2v) is 7.18. The zero-order valence-electron chi connectivity index (χ0n) is 12.2. The highest BCUT2D eigenvalue weighted by Gasteiger charge is 2.72. The van der Waals surface area contributed by atoms with Crippen molar-refractivity contribution in [1.29, 1.82) is 0 Å². The zero-order chi connectivity index (χ0) is 13.9. The molecule has 0 aromatic carbocycles. The predicted molar refractivity (Wildman–Crippen MR) is 72.6 cm³/mol. The number of rotatable bonds is 1. The van der Waals surface area contributed by atoms with Gasteiger partial charge < -0.3 is 10.2 Å². The van der Waals surface area contributed by atoms with Gasteiger partial charge in [-0.05, 0) is 18.3 Å². The molecule has 2 atom stereocenters. The molecule has 0 spiro atoms. The normalized spacial score (nSPS) is 40.8. The molecule has 4 heteroatoms. The predicted octanol–water partition coefficient (Wildman–Crippen LogP) is 1.20. The lowest BCUT2D eigenvalue weighted by molar-refractivity contribution is -0.148. The van der Waals surface area contributed by atoms with E-state index in [-0.39, 0.29) is 16.7 Å². The molecule has 0 aromatic rings. The van der Waals surface area contributed by atoms with Gasteiger partial charge in [0.2, 0.25) is 5.91 Å². The van der Waals surface area contributed by atoms with Crippen molar-refractivity contribution in [2.75, 3.05) is 26.2 Å². The molecule has 106 valence electrons. The van der Waals surface area contributed by atoms with E-state index in [0.717, 1.165) is 39.0 Å². The van der Waals surface area contributed by atoms with E-state index in [9.17, 15) is 9.59 Å². The van der Waals surface area contributed by atoms with Crippen LogP contribution in [0.4, 0.5) is 0 Å². The Labute approximate surface area is 114 Å². The average Bonchev–Trinajstić information content (AvgIpc) is 2.69. The monoisotopic (exact) mass is 264 g/mol. The smallest absolute Gasteiger partial charge is 0.229 e. The summed E-state index contributed by atoms with van der Waals surface area (Å²) in [7, 11) is 0. The molecular weight excluding hydrogens is 240 g/mol. The number of fused-ring (bicyclic) bond motifs is 2. The Morgan fingerprint density at radius 3 is 2.26 bits per heavy atom. The maximum atomic E-state index is 13.0. The van der Waals surface area contributed by atoms with Gasteiger partial charge in [0.15, 0.2) is 0 Å². The molecule has 3 fully saturated rings. The summed E-state index contributed by atoms with van der Waals surface area (Å²) in [5.74, 6) is 0.529. The summed E-state index contributed by atoms with van der Waals surface area (Å²) in [4.78, 5) is 27.4. The number of ketones is 1. The third-order valence-electron chi connectivity index (χ3n) is 6.52. The molecular formula is C15H24N2O2. The highest BCUT2D eigenvalue weighted by Crippen LogP contribution is 2.70. The molecule has 2 saturated carbocycles. The van der Waals surface area contributed by atoms with Crippen LogP contribution >= 0.6 is 0 Å². The van der Waals surface area contributed by atoms with Crippen molar-refractivity contribution in [2.24, 2.45) is 16.2 Å². The fourth-order valence-corrected chi connectivity index (χ4v) is 4.50. The van der Waals surface area contributed by atoms with Gasteiger partial charge in [-0.2, -0.15) is 0 Å². The van der Waals surface area contributed by atoms with Gasteiger partial charge in [-0.15, -0.1) is 0 Å². The lowest BCUT2D eigenvalue weighted by atomic mass is 9.64. The Balaban J connectivity index is 1.95. The Hall–Kier alpha value is -0.900. The van der Waals surface area contributed by atoms with Crippen molar-refractivity contribution in [1.82, 2.24) is 10.2 Å². The number of nitrogens with one attached hydrogen (secondary N) is 1. The van der Waals surface area contributed by atoms with E-state index in [2.05, 4.69) is 26.1 Å². The number of carbonyl (C=O) groups is 2. The third-order valence-corrected chi connectivity index (χ3v) is 6.52. The molecule has 19 heavy (non-hydrogen) atoms. The summed E-state index contributed by atoms with van der Waals surface area (Å²) in [6, 6.07) is 0. The summed E-state index contributed by atoms with van der Waals surface area (Å²) in [6.45, 7) is 9.62. The molecule has 2 aliphatic carbocycles. The average molecular weight is 264 g/mol. The highest BCUT2D eigenvalue weighted by molar-refractivity contribution is 5.99. The first-order valence-electron chi connectivity index (χ1n) is 7.39. The van der Waals surface area contributed by atoms with E-state index in [1.165, 1.54) is 0 Å². The molecule has 1 heterocycles. The first-order valence-corrected chi connectivity index (χ1v) is 7.39. The van der Waals surface area contributed by atoms with Gasteiger partial charge in [-0.3, -0.25) is 9.59 Å². The van der Waals surface area contributed by atoms with Gasteiger partial charge >= 0.3 is 0 Å². The molecule has 0 radical (unpaired) electrons. The van der Waals surface area contributed by atoms with Gasteiger partial charge in [0, 0.05) is 38.0 Å². The quantitative estimate of drug-likeness (QED) is 0.774. The number of hydrogen-bond acceptors (Lipinski definition) is 3. The van der Waals surface area contributed by atoms with E-state index < -0.39 is 5.41 Å². The van der Waals surface area contributed by atoms with E-state index in [0.29, 0.717) is 12.2 Å². The first-order chi connectivity index (χ1) is 8.85. The van der Waals surface area contributed by atoms with Crippen LogP contribution in [0.15, 0.2) is 0 Å². The maximum Gasteiger partial charge on any atom is 0.229 e. The lowest BCUT2D eigenvalue weighted by Gasteiger charge is -2.42. The van der Waals surface area contributed by atoms with E-state index in [1.54, 1.807) is 0 Å². The van der Waals surface area contributed by atoms with Gasteiger partial charge in [0.25, 0.3) is 0 Å². The van der Waals surface area contributed by atoms with Crippen molar-refractivity contribution in [3.05, 3.63) is 0 Å². The number of piperazine rings is 1. The molecule has 2 unspecified atom stereocenters. The van der Waals surface area contributed by atoms with Crippen LogP contribution in [0.1, 0.15) is 40.0 Å². The molecule has 1 amide bonds. The Morgan fingerprint density at radius 1 is 1.16 bits per heavy atom. The Bertz CT molecular complexity index is 439. The van der Waals surface area contributed by atoms with Crippen molar-refractivity contribution in [2.45, 2.75) is 40.0 Å². The first kappa shape index (κ1) is 13.1. The van der Waals surface area contributed by atoms with Crippen LogP contribution in [0, 0.1) is 16.2 Å². The maximum absolute atomic E-state index is 13.0. The Morgan fingerprint density at radius 2 is 1.79 bits per heavy atom. The van der Waals surface area contributed by atoms with Crippen LogP contribution in [0.25, 0.3) is 0 Å². The second-order valence-electron chi connectivity index (χ2n) is 7.18. The van der Waals surface area contributed by atoms with Crippen molar-refractivity contribution < 1.29 is 9.59 Å². The molecule has 0 aromatic heterocycles. The number of carbonyl (C=O) groups excluding carboxylic acids is 2. The fourth-order valence-electron chi connectivity index (χ4n) is 4.50. The molecule has 4 nitrogen and oxygen atoms in total. The second kappa shape index (κ2) is 3.81. The number of amides is 1. The molecule has 2 bridgehead atoms. The van der Waals surface area contributed by atoms with Crippen molar-refractivity contribution in [3.63, 3.8) is 0 Å². The lowest BCUT2D eigenvalue weighted by Crippen LogP contribution is -2.54. The van der Waals surface area contributed by atoms with E-state index in [1.807, 2.05) is 4.90 Å². The van der Waals surface area contributed by atoms with Gasteiger partial charge in [0.05, 0.1) is 5.41 Å². The fraction of sp³-hybridized carbons (Fsp3) is 0.867. The van der Waals surface area contributed by atoms with Crippen LogP contribution in [0.2, 0.25) is 0 Å². The van der Waals surface area contributed by atoms with Crippen LogP contribution in [-0.4, -0.2) is 42.8 Å². The topological polar surface area (TPSA) is 49.4 Å². The number of hydrogen-bond donors (Lipinski definition) is 1. The van der Waals surface area contributed by atoms with Crippen LogP contribution in [0.5, 0.6) is 0 Å². The summed E-state index contributed by atoms with van der Waals surface area (Å²) in [5, 5.41) is 3.28. The summed E-state index contributed by atoms with van der Waals surface area (Å²) >= 11 is 0. The molecule has 1 aliphatic heterocycles. The number of nitrogens with zero attached hydrogens (tertiary/aromatic N) is 1. The molecule has 1 N–H and O–H groups in total. The van der Waals surface area contributed by atoms with Crippen LogP contribution in [0.3, 0.4) is 0 Å².